The molecule has 0 saturated carbocycles. The number of nitrogens with zero attached hydrogens (tertiary/aromatic N) is 2. The van der Waals surface area contributed by atoms with E-state index in [1.807, 2.05) is 13.8 Å². The van der Waals surface area contributed by atoms with E-state index in [0.29, 0.717) is 27.7 Å². The molecule has 2 aromatic heterocycles. The Bertz CT molecular complexity index is 1080. The summed E-state index contributed by atoms with van der Waals surface area (Å²) in [5.41, 5.74) is 1.45. The number of hydrogen-bond acceptors (Lipinski definition) is 7. The number of sulfone groups is 1. The Balaban J connectivity index is 2.04. The Labute approximate surface area is 167 Å². The lowest BCUT2D eigenvalue weighted by molar-refractivity contribution is 0.102. The average Bonchev–Trinajstić information content (AvgIpc) is 3.13. The summed E-state index contributed by atoms with van der Waals surface area (Å²) in [6, 6.07) is 8.25. The molecule has 0 unspecified atom stereocenters. The van der Waals surface area contributed by atoms with E-state index >= 15 is 0 Å². The molecule has 28 heavy (non-hydrogen) atoms. The zero-order valence-corrected chi connectivity index (χ0v) is 17.2. The maximum absolute atomic E-state index is 12.8. The lowest BCUT2D eigenvalue weighted by Crippen LogP contribution is -2.16. The molecule has 0 saturated heterocycles. The number of carbonyl (C=O) groups is 1. The molecule has 0 aliphatic carbocycles. The number of nitrogens with one attached hydrogen (secondary N) is 1. The predicted molar refractivity (Wildman–Crippen MR) is 109 cm³/mol. The number of amides is 1. The molecular weight excluding hydrogens is 398 g/mol. The van der Waals surface area contributed by atoms with Crippen molar-refractivity contribution in [3.63, 3.8) is 0 Å². The van der Waals surface area contributed by atoms with Crippen molar-refractivity contribution >= 4 is 32.2 Å². The van der Waals surface area contributed by atoms with Crippen LogP contribution in [-0.2, 0) is 9.84 Å². The number of rotatable bonds is 6. The lowest BCUT2D eigenvalue weighted by Gasteiger charge is -2.17. The summed E-state index contributed by atoms with van der Waals surface area (Å²) in [5, 5.41) is 5.00. The minimum Gasteiger partial charge on any atom is -0.489 e. The number of carbonyl (C=O) groups excluding carboxylic acids is 1. The van der Waals surface area contributed by atoms with Crippen molar-refractivity contribution in [2.24, 2.45) is 0 Å². The van der Waals surface area contributed by atoms with Gasteiger partial charge in [-0.15, -0.1) is 11.3 Å². The number of ether oxygens (including phenoxy) is 1. The Hall–Kier alpha value is -2.78. The minimum atomic E-state index is -3.35. The molecular formula is C19H19N3O4S2. The summed E-state index contributed by atoms with van der Waals surface area (Å²) in [5.74, 6) is 0.0337. The molecule has 0 fully saturated rings. The van der Waals surface area contributed by atoms with Gasteiger partial charge in [0.1, 0.15) is 5.75 Å². The van der Waals surface area contributed by atoms with E-state index in [0.717, 1.165) is 6.26 Å². The number of thiazole rings is 1. The lowest BCUT2D eigenvalue weighted by atomic mass is 10.0. The summed E-state index contributed by atoms with van der Waals surface area (Å²) in [6.45, 7) is 3.72. The van der Waals surface area contributed by atoms with Crippen LogP contribution in [0.5, 0.6) is 5.75 Å². The maximum Gasteiger partial charge on any atom is 0.261 e. The summed E-state index contributed by atoms with van der Waals surface area (Å²) in [6.07, 6.45) is 3.85. The highest BCUT2D eigenvalue weighted by Crippen LogP contribution is 2.34. The first kappa shape index (κ1) is 20.0. The van der Waals surface area contributed by atoms with Gasteiger partial charge in [-0.25, -0.2) is 13.4 Å². The number of benzene rings is 1. The highest BCUT2D eigenvalue weighted by molar-refractivity contribution is 7.90. The highest BCUT2D eigenvalue weighted by Gasteiger charge is 2.20. The molecule has 7 nitrogen and oxygen atoms in total. The summed E-state index contributed by atoms with van der Waals surface area (Å²) in [7, 11) is -3.35. The van der Waals surface area contributed by atoms with Gasteiger partial charge in [0.2, 0.25) is 0 Å². The van der Waals surface area contributed by atoms with Crippen LogP contribution < -0.4 is 10.1 Å². The zero-order valence-electron chi connectivity index (χ0n) is 15.5. The van der Waals surface area contributed by atoms with Crippen molar-refractivity contribution in [2.45, 2.75) is 24.8 Å². The average molecular weight is 418 g/mol. The molecule has 1 amide bonds. The maximum atomic E-state index is 12.8. The SMILES string of the molecule is CC(C)Oc1c(C(=O)Nc2nccs2)cccc1-c1ccc(S(C)(=O)=O)cn1. The fourth-order valence-corrected chi connectivity index (χ4v) is 3.57. The Morgan fingerprint density at radius 3 is 2.54 bits per heavy atom. The molecule has 0 radical (unpaired) electrons. The third-order valence-corrected chi connectivity index (χ3v) is 5.49. The fourth-order valence-electron chi connectivity index (χ4n) is 2.49. The van der Waals surface area contributed by atoms with Gasteiger partial charge in [0.05, 0.1) is 22.3 Å². The van der Waals surface area contributed by atoms with Crippen molar-refractivity contribution in [2.75, 3.05) is 11.6 Å². The molecule has 9 heteroatoms. The Morgan fingerprint density at radius 2 is 1.96 bits per heavy atom. The largest absolute Gasteiger partial charge is 0.489 e. The standard InChI is InChI=1S/C19H19N3O4S2/c1-12(2)26-17-14(16-8-7-13(11-21-16)28(3,24)25)5-4-6-15(17)18(23)22-19-20-9-10-27-19/h4-12H,1-3H3,(H,20,22,23). The fraction of sp³-hybridized carbons (Fsp3) is 0.211. The second-order valence-corrected chi connectivity index (χ2v) is 9.20. The van der Waals surface area contributed by atoms with Crippen molar-refractivity contribution < 1.29 is 17.9 Å². The summed E-state index contributed by atoms with van der Waals surface area (Å²) < 4.78 is 29.3. The van der Waals surface area contributed by atoms with E-state index in [1.54, 1.807) is 35.8 Å². The summed E-state index contributed by atoms with van der Waals surface area (Å²) >= 11 is 1.32. The van der Waals surface area contributed by atoms with E-state index < -0.39 is 9.84 Å². The molecule has 0 aliphatic heterocycles. The van der Waals surface area contributed by atoms with Crippen LogP contribution in [0.15, 0.2) is 53.0 Å². The van der Waals surface area contributed by atoms with Crippen molar-refractivity contribution in [3.05, 3.63) is 53.7 Å². The number of aromatic nitrogens is 2. The third-order valence-electron chi connectivity index (χ3n) is 3.71. The van der Waals surface area contributed by atoms with Crippen molar-refractivity contribution in [1.82, 2.24) is 9.97 Å². The van der Waals surface area contributed by atoms with E-state index in [2.05, 4.69) is 15.3 Å². The van der Waals surface area contributed by atoms with Gasteiger partial charge in [-0.3, -0.25) is 15.1 Å². The summed E-state index contributed by atoms with van der Waals surface area (Å²) in [4.78, 5) is 21.2. The monoisotopic (exact) mass is 417 g/mol. The van der Waals surface area contributed by atoms with Gasteiger partial charge in [-0.05, 0) is 38.1 Å². The van der Waals surface area contributed by atoms with E-state index in [4.69, 9.17) is 4.74 Å². The van der Waals surface area contributed by atoms with Gasteiger partial charge in [0.15, 0.2) is 15.0 Å². The molecule has 1 N–H and O–H groups in total. The minimum absolute atomic E-state index is 0.125. The van der Waals surface area contributed by atoms with E-state index in [1.165, 1.54) is 23.6 Å². The van der Waals surface area contributed by atoms with Crippen LogP contribution in [0.4, 0.5) is 5.13 Å². The molecule has 0 bridgehead atoms. The molecule has 0 aliphatic rings. The van der Waals surface area contributed by atoms with Crippen LogP contribution in [-0.4, -0.2) is 36.7 Å². The molecule has 3 rings (SSSR count). The van der Waals surface area contributed by atoms with Crippen LogP contribution in [0.1, 0.15) is 24.2 Å². The molecule has 146 valence electrons. The first-order valence-electron chi connectivity index (χ1n) is 8.42. The highest BCUT2D eigenvalue weighted by atomic mass is 32.2. The first-order chi connectivity index (χ1) is 13.3. The first-order valence-corrected chi connectivity index (χ1v) is 11.2. The van der Waals surface area contributed by atoms with Gasteiger partial charge in [0, 0.05) is 29.6 Å². The molecule has 1 aromatic carbocycles. The second-order valence-electron chi connectivity index (χ2n) is 6.29. The predicted octanol–water partition coefficient (Wildman–Crippen LogP) is 3.65. The molecule has 0 spiro atoms. The number of hydrogen-bond donors (Lipinski definition) is 1. The Kier molecular flexibility index (Phi) is 5.76. The van der Waals surface area contributed by atoms with Crippen LogP contribution in [0.2, 0.25) is 0 Å². The number of anilines is 1. The van der Waals surface area contributed by atoms with Crippen LogP contribution in [0.25, 0.3) is 11.3 Å². The smallest absolute Gasteiger partial charge is 0.261 e. The van der Waals surface area contributed by atoms with Gasteiger partial charge >= 0.3 is 0 Å². The van der Waals surface area contributed by atoms with Crippen LogP contribution >= 0.6 is 11.3 Å². The van der Waals surface area contributed by atoms with Gasteiger partial charge in [0.25, 0.3) is 5.91 Å². The van der Waals surface area contributed by atoms with Crippen molar-refractivity contribution in [1.29, 1.82) is 0 Å². The van der Waals surface area contributed by atoms with Gasteiger partial charge in [-0.1, -0.05) is 6.07 Å². The van der Waals surface area contributed by atoms with Crippen LogP contribution in [0.3, 0.4) is 0 Å². The zero-order chi connectivity index (χ0) is 20.3. The van der Waals surface area contributed by atoms with Crippen LogP contribution in [0, 0.1) is 0 Å². The Morgan fingerprint density at radius 1 is 1.18 bits per heavy atom. The number of para-hydroxylation sites is 1. The third kappa shape index (κ3) is 4.55. The quantitative estimate of drug-likeness (QED) is 0.657. The molecule has 2 heterocycles. The second kappa shape index (κ2) is 8.07. The molecule has 3 aromatic rings. The normalized spacial score (nSPS) is 11.4. The van der Waals surface area contributed by atoms with E-state index in [-0.39, 0.29) is 16.9 Å². The van der Waals surface area contributed by atoms with Gasteiger partial charge < -0.3 is 4.74 Å². The topological polar surface area (TPSA) is 98.2 Å². The van der Waals surface area contributed by atoms with Gasteiger partial charge in [-0.2, -0.15) is 0 Å². The van der Waals surface area contributed by atoms with E-state index in [9.17, 15) is 13.2 Å². The van der Waals surface area contributed by atoms with Crippen molar-refractivity contribution in [3.8, 4) is 17.0 Å². The molecule has 0 atom stereocenters. The number of pyridine rings is 1.